The van der Waals surface area contributed by atoms with Gasteiger partial charge < -0.3 is 10.1 Å². The summed E-state index contributed by atoms with van der Waals surface area (Å²) in [5.74, 6) is -0.635. The molecule has 0 spiro atoms. The highest BCUT2D eigenvalue weighted by molar-refractivity contribution is 6.36. The summed E-state index contributed by atoms with van der Waals surface area (Å²) < 4.78 is 5.02. The molecule has 3 rings (SSSR count). The summed E-state index contributed by atoms with van der Waals surface area (Å²) in [6, 6.07) is 16.9. The Morgan fingerprint density at radius 1 is 0.960 bits per heavy atom. The number of nitrogens with one attached hydrogen (secondary N) is 1. The van der Waals surface area contributed by atoms with Crippen LogP contribution in [0, 0.1) is 6.92 Å². The topological polar surface area (TPSA) is 58.6 Å². The molecule has 0 bridgehead atoms. The molecular weight excluding hydrogens is 316 g/mol. The van der Waals surface area contributed by atoms with Crippen LogP contribution in [-0.2, 0) is 14.3 Å². The first-order valence-electron chi connectivity index (χ1n) is 8.10. The van der Waals surface area contributed by atoms with Crippen LogP contribution in [0.25, 0.3) is 5.57 Å². The minimum atomic E-state index is -0.332. The first-order chi connectivity index (χ1) is 12.1. The molecule has 0 saturated heterocycles. The van der Waals surface area contributed by atoms with Gasteiger partial charge in [0.05, 0.1) is 18.7 Å². The van der Waals surface area contributed by atoms with Crippen LogP contribution < -0.4 is 5.32 Å². The van der Waals surface area contributed by atoms with Gasteiger partial charge in [0.15, 0.2) is 0 Å². The Bertz CT molecular complexity index is 811. The van der Waals surface area contributed by atoms with Crippen LogP contribution in [-0.4, -0.2) is 37.0 Å². The molecule has 0 aliphatic carbocycles. The third kappa shape index (κ3) is 3.46. The number of hydrogen-bond acceptors (Lipinski definition) is 4. The van der Waals surface area contributed by atoms with Gasteiger partial charge in [-0.1, -0.05) is 48.0 Å². The van der Waals surface area contributed by atoms with Crippen molar-refractivity contribution in [3.8, 4) is 0 Å². The second-order valence-electron chi connectivity index (χ2n) is 5.86. The number of ether oxygens (including phenoxy) is 1. The number of anilines is 1. The van der Waals surface area contributed by atoms with Gasteiger partial charge in [-0.3, -0.25) is 14.5 Å². The van der Waals surface area contributed by atoms with Crippen LogP contribution in [0.1, 0.15) is 11.1 Å². The smallest absolute Gasteiger partial charge is 0.278 e. The molecule has 128 valence electrons. The molecule has 25 heavy (non-hydrogen) atoms. The maximum Gasteiger partial charge on any atom is 0.278 e. The molecule has 5 heteroatoms. The molecular formula is C20H20N2O3. The van der Waals surface area contributed by atoms with Gasteiger partial charge in [-0.25, -0.2) is 0 Å². The molecule has 1 N–H and O–H groups in total. The van der Waals surface area contributed by atoms with E-state index in [-0.39, 0.29) is 18.4 Å². The van der Waals surface area contributed by atoms with Crippen molar-refractivity contribution in [2.75, 3.05) is 25.6 Å². The zero-order valence-electron chi connectivity index (χ0n) is 14.3. The van der Waals surface area contributed by atoms with E-state index in [4.69, 9.17) is 4.74 Å². The van der Waals surface area contributed by atoms with Crippen molar-refractivity contribution < 1.29 is 14.3 Å². The molecule has 1 aliphatic rings. The van der Waals surface area contributed by atoms with Gasteiger partial charge in [-0.2, -0.15) is 0 Å². The third-order valence-electron chi connectivity index (χ3n) is 4.07. The lowest BCUT2D eigenvalue weighted by Crippen LogP contribution is -2.35. The number of carbonyl (C=O) groups excluding carboxylic acids is 2. The van der Waals surface area contributed by atoms with Crippen molar-refractivity contribution in [3.05, 3.63) is 71.4 Å². The van der Waals surface area contributed by atoms with E-state index in [0.717, 1.165) is 16.8 Å². The maximum absolute atomic E-state index is 12.8. The molecule has 2 aromatic carbocycles. The zero-order chi connectivity index (χ0) is 17.8. The molecule has 2 amide bonds. The summed E-state index contributed by atoms with van der Waals surface area (Å²) in [7, 11) is 1.54. The van der Waals surface area contributed by atoms with E-state index in [9.17, 15) is 9.59 Å². The number of amides is 2. The number of nitrogens with zero attached hydrogens (tertiary/aromatic N) is 1. The molecule has 5 nitrogen and oxygen atoms in total. The van der Waals surface area contributed by atoms with E-state index < -0.39 is 0 Å². The van der Waals surface area contributed by atoms with Crippen molar-refractivity contribution in [3.63, 3.8) is 0 Å². The van der Waals surface area contributed by atoms with E-state index in [1.54, 1.807) is 7.11 Å². The lowest BCUT2D eigenvalue weighted by molar-refractivity contribution is -0.137. The van der Waals surface area contributed by atoms with Crippen molar-refractivity contribution in [1.82, 2.24) is 4.90 Å². The van der Waals surface area contributed by atoms with E-state index in [0.29, 0.717) is 17.9 Å². The number of imide groups is 1. The predicted octanol–water partition coefficient (Wildman–Crippen LogP) is 2.83. The van der Waals surface area contributed by atoms with Crippen LogP contribution >= 0.6 is 0 Å². The largest absolute Gasteiger partial charge is 0.383 e. The number of rotatable bonds is 6. The van der Waals surface area contributed by atoms with Crippen molar-refractivity contribution in [2.45, 2.75) is 6.92 Å². The van der Waals surface area contributed by atoms with Crippen LogP contribution in [0.2, 0.25) is 0 Å². The summed E-state index contributed by atoms with van der Waals surface area (Å²) in [6.45, 7) is 2.52. The molecule has 0 saturated carbocycles. The quantitative estimate of drug-likeness (QED) is 0.824. The monoisotopic (exact) mass is 336 g/mol. The first kappa shape index (κ1) is 16.9. The number of carbonyl (C=O) groups is 2. The second kappa shape index (κ2) is 7.32. The standard InChI is InChI=1S/C20H20N2O3/c1-14-8-10-16(11-9-14)21-18-17(15-6-4-3-5-7-15)19(23)22(20(18)24)12-13-25-2/h3-11,21H,12-13H2,1-2H3. The molecule has 0 aromatic heterocycles. The Morgan fingerprint density at radius 3 is 2.28 bits per heavy atom. The molecule has 0 unspecified atom stereocenters. The van der Waals surface area contributed by atoms with Gasteiger partial charge in [0.1, 0.15) is 5.70 Å². The summed E-state index contributed by atoms with van der Waals surface area (Å²) in [5, 5.41) is 3.13. The molecule has 2 aromatic rings. The van der Waals surface area contributed by atoms with E-state index >= 15 is 0 Å². The fraction of sp³-hybridized carbons (Fsp3) is 0.200. The predicted molar refractivity (Wildman–Crippen MR) is 96.8 cm³/mol. The molecule has 1 aliphatic heterocycles. The van der Waals surface area contributed by atoms with E-state index in [1.165, 1.54) is 4.90 Å². The number of benzene rings is 2. The van der Waals surface area contributed by atoms with Crippen LogP contribution in [0.4, 0.5) is 5.69 Å². The van der Waals surface area contributed by atoms with Crippen LogP contribution in [0.3, 0.4) is 0 Å². The lowest BCUT2D eigenvalue weighted by Gasteiger charge is -2.14. The Labute approximate surface area is 146 Å². The minimum Gasteiger partial charge on any atom is -0.383 e. The fourth-order valence-electron chi connectivity index (χ4n) is 2.73. The fourth-order valence-corrected chi connectivity index (χ4v) is 2.73. The maximum atomic E-state index is 12.8. The number of methoxy groups -OCH3 is 1. The van der Waals surface area contributed by atoms with Crippen molar-refractivity contribution >= 4 is 23.1 Å². The van der Waals surface area contributed by atoms with Gasteiger partial charge >= 0.3 is 0 Å². The molecule has 0 atom stereocenters. The summed E-state index contributed by atoms with van der Waals surface area (Å²) in [5.41, 5.74) is 3.30. The van der Waals surface area contributed by atoms with Gasteiger partial charge in [-0.15, -0.1) is 0 Å². The Balaban J connectivity index is 2.00. The first-order valence-corrected chi connectivity index (χ1v) is 8.10. The summed E-state index contributed by atoms with van der Waals surface area (Å²) >= 11 is 0. The average molecular weight is 336 g/mol. The van der Waals surface area contributed by atoms with Gasteiger partial charge in [0.2, 0.25) is 0 Å². The second-order valence-corrected chi connectivity index (χ2v) is 5.86. The van der Waals surface area contributed by atoms with Crippen LogP contribution in [0.5, 0.6) is 0 Å². The van der Waals surface area contributed by atoms with Crippen LogP contribution in [0.15, 0.2) is 60.3 Å². The summed E-state index contributed by atoms with van der Waals surface area (Å²) in [6.07, 6.45) is 0. The SMILES string of the molecule is COCCN1C(=O)C(Nc2ccc(C)cc2)=C(c2ccccc2)C1=O. The van der Waals surface area contributed by atoms with Gasteiger partial charge in [0, 0.05) is 12.8 Å². The van der Waals surface area contributed by atoms with E-state index in [1.807, 2.05) is 61.5 Å². The van der Waals surface area contributed by atoms with Gasteiger partial charge in [0.25, 0.3) is 11.8 Å². The minimum absolute atomic E-state index is 0.226. The summed E-state index contributed by atoms with van der Waals surface area (Å²) in [4.78, 5) is 26.9. The zero-order valence-corrected chi connectivity index (χ0v) is 14.3. The third-order valence-corrected chi connectivity index (χ3v) is 4.07. The Kier molecular flexibility index (Phi) is 4.95. The van der Waals surface area contributed by atoms with Crippen molar-refractivity contribution in [1.29, 1.82) is 0 Å². The van der Waals surface area contributed by atoms with E-state index in [2.05, 4.69) is 5.32 Å². The molecule has 0 fully saturated rings. The Hall–Kier alpha value is -2.92. The molecule has 0 radical (unpaired) electrons. The molecule has 1 heterocycles. The number of aryl methyl sites for hydroxylation is 1. The highest BCUT2D eigenvalue weighted by Gasteiger charge is 2.38. The van der Waals surface area contributed by atoms with Gasteiger partial charge in [-0.05, 0) is 24.6 Å². The Morgan fingerprint density at radius 2 is 1.64 bits per heavy atom. The normalized spacial score (nSPS) is 14.4. The van der Waals surface area contributed by atoms with Crippen molar-refractivity contribution in [2.24, 2.45) is 0 Å². The average Bonchev–Trinajstić information content (AvgIpc) is 2.86. The highest BCUT2D eigenvalue weighted by Crippen LogP contribution is 2.30. The lowest BCUT2D eigenvalue weighted by atomic mass is 10.0. The highest BCUT2D eigenvalue weighted by atomic mass is 16.5. The number of hydrogen-bond donors (Lipinski definition) is 1.